The molecule has 0 atom stereocenters. The van der Waals surface area contributed by atoms with Gasteiger partial charge in [0.15, 0.2) is 5.78 Å². The lowest BCUT2D eigenvalue weighted by molar-refractivity contribution is -0.141. The van der Waals surface area contributed by atoms with Crippen molar-refractivity contribution in [2.45, 2.75) is 116 Å². The zero-order chi connectivity index (χ0) is 25.1. The molecule has 0 saturated carbocycles. The molecule has 0 aliphatic rings. The third kappa shape index (κ3) is 16.6. The fraction of sp³-hybridized carbons (Fsp3) is 0.714. The first-order valence-corrected chi connectivity index (χ1v) is 13.2. The van der Waals surface area contributed by atoms with Crippen molar-refractivity contribution in [1.82, 2.24) is 0 Å². The molecule has 0 fully saturated rings. The molecule has 0 amide bonds. The van der Waals surface area contributed by atoms with E-state index < -0.39 is 11.9 Å². The van der Waals surface area contributed by atoms with Gasteiger partial charge in [-0.15, -0.1) is 0 Å². The number of unbranched alkanes of at least 4 members (excludes halogenated alkanes) is 12. The third-order valence-electron chi connectivity index (χ3n) is 5.94. The van der Waals surface area contributed by atoms with E-state index in [1.54, 1.807) is 19.1 Å². The fourth-order valence-corrected chi connectivity index (χ4v) is 3.96. The maximum absolute atomic E-state index is 12.7. The van der Waals surface area contributed by atoms with Crippen molar-refractivity contribution < 1.29 is 23.1 Å². The van der Waals surface area contributed by atoms with Crippen LogP contribution in [-0.4, -0.2) is 30.8 Å². The maximum atomic E-state index is 12.7. The van der Waals surface area contributed by atoms with Gasteiger partial charge in [-0.3, -0.25) is 9.59 Å². The molecule has 0 aromatic heterocycles. The highest BCUT2D eigenvalue weighted by atomic mass is 19.3. The van der Waals surface area contributed by atoms with E-state index in [1.165, 1.54) is 57.8 Å². The van der Waals surface area contributed by atoms with Crippen LogP contribution in [0.4, 0.5) is 14.5 Å². The first kappa shape index (κ1) is 30.1. The number of hydrogen-bond donors (Lipinski definition) is 1. The Labute approximate surface area is 205 Å². The van der Waals surface area contributed by atoms with Gasteiger partial charge < -0.3 is 10.1 Å². The maximum Gasteiger partial charge on any atom is 0.313 e. The van der Waals surface area contributed by atoms with Crippen LogP contribution >= 0.6 is 0 Å². The fourth-order valence-electron chi connectivity index (χ4n) is 3.96. The van der Waals surface area contributed by atoms with Crippen LogP contribution in [-0.2, 0) is 9.53 Å². The molecule has 0 unspecified atom stereocenters. The predicted molar refractivity (Wildman–Crippen MR) is 136 cm³/mol. The molecule has 0 aliphatic heterocycles. The van der Waals surface area contributed by atoms with Crippen molar-refractivity contribution in [3.63, 3.8) is 0 Å². The molecule has 1 aromatic carbocycles. The van der Waals surface area contributed by atoms with E-state index in [-0.39, 0.29) is 25.2 Å². The topological polar surface area (TPSA) is 55.4 Å². The van der Waals surface area contributed by atoms with Gasteiger partial charge in [-0.25, -0.2) is 8.78 Å². The number of ether oxygens (including phenoxy) is 1. The molecule has 34 heavy (non-hydrogen) atoms. The summed E-state index contributed by atoms with van der Waals surface area (Å²) in [5.41, 5.74) is 1.51. The van der Waals surface area contributed by atoms with Crippen LogP contribution in [0.1, 0.15) is 121 Å². The Morgan fingerprint density at radius 1 is 0.794 bits per heavy atom. The highest BCUT2D eigenvalue weighted by molar-refractivity contribution is 6.06. The SMILES string of the molecule is CCOC(=O)CC(=O)c1ccc(NCCCCCCCCCCCCCCCC(C)(F)F)cc1. The summed E-state index contributed by atoms with van der Waals surface area (Å²) in [6, 6.07) is 7.25. The van der Waals surface area contributed by atoms with E-state index >= 15 is 0 Å². The van der Waals surface area contributed by atoms with Crippen molar-refractivity contribution >= 4 is 17.4 Å². The number of carbonyl (C=O) groups excluding carboxylic acids is 2. The van der Waals surface area contributed by atoms with Crippen molar-refractivity contribution in [3.05, 3.63) is 29.8 Å². The Morgan fingerprint density at radius 2 is 1.26 bits per heavy atom. The summed E-state index contributed by atoms with van der Waals surface area (Å²) < 4.78 is 30.2. The second kappa shape index (κ2) is 18.4. The zero-order valence-electron chi connectivity index (χ0n) is 21.3. The standard InChI is InChI=1S/C28H45F2NO3/c1-3-34-27(33)23-26(32)24-17-19-25(20-18-24)31-22-16-14-12-10-8-6-4-5-7-9-11-13-15-21-28(2,29)30/h17-20,31H,3-16,21-23H2,1-2H3. The summed E-state index contributed by atoms with van der Waals surface area (Å²) in [6.07, 6.45) is 14.9. The molecule has 1 rings (SSSR count). The van der Waals surface area contributed by atoms with Crippen LogP contribution in [0.25, 0.3) is 0 Å². The smallest absolute Gasteiger partial charge is 0.313 e. The number of halogens is 2. The number of rotatable bonds is 21. The Morgan fingerprint density at radius 3 is 1.74 bits per heavy atom. The predicted octanol–water partition coefficient (Wildman–Crippen LogP) is 8.35. The Balaban J connectivity index is 1.92. The lowest BCUT2D eigenvalue weighted by atomic mass is 10.0. The molecule has 6 heteroatoms. The van der Waals surface area contributed by atoms with E-state index in [0.717, 1.165) is 38.4 Å². The number of nitrogens with one attached hydrogen (secondary N) is 1. The van der Waals surface area contributed by atoms with Gasteiger partial charge in [0.25, 0.3) is 0 Å². The van der Waals surface area contributed by atoms with Crippen LogP contribution in [0.2, 0.25) is 0 Å². The Bertz CT molecular complexity index is 671. The number of benzene rings is 1. The number of ketones is 1. The van der Waals surface area contributed by atoms with Crippen LogP contribution < -0.4 is 5.32 Å². The van der Waals surface area contributed by atoms with Gasteiger partial charge in [-0.05, 0) is 51.0 Å². The monoisotopic (exact) mass is 481 g/mol. The minimum Gasteiger partial charge on any atom is -0.466 e. The summed E-state index contributed by atoms with van der Waals surface area (Å²) >= 11 is 0. The molecule has 1 N–H and O–H groups in total. The molecular weight excluding hydrogens is 436 g/mol. The van der Waals surface area contributed by atoms with Crippen LogP contribution in [0.15, 0.2) is 24.3 Å². The van der Waals surface area contributed by atoms with Gasteiger partial charge in [0.2, 0.25) is 5.92 Å². The quantitative estimate of drug-likeness (QED) is 0.0829. The van der Waals surface area contributed by atoms with Crippen molar-refractivity contribution in [2.24, 2.45) is 0 Å². The van der Waals surface area contributed by atoms with E-state index in [4.69, 9.17) is 4.74 Å². The minimum atomic E-state index is -2.50. The van der Waals surface area contributed by atoms with E-state index in [0.29, 0.717) is 12.0 Å². The van der Waals surface area contributed by atoms with E-state index in [9.17, 15) is 18.4 Å². The summed E-state index contributed by atoms with van der Waals surface area (Å²) in [6.45, 7) is 3.92. The van der Waals surface area contributed by atoms with Gasteiger partial charge in [0, 0.05) is 24.2 Å². The molecule has 1 aromatic rings. The Kier molecular flexibility index (Phi) is 16.2. The lowest BCUT2D eigenvalue weighted by Crippen LogP contribution is -2.11. The number of hydrogen-bond acceptors (Lipinski definition) is 4. The average Bonchev–Trinajstić information content (AvgIpc) is 2.78. The van der Waals surface area contributed by atoms with Gasteiger partial charge in [-0.2, -0.15) is 0 Å². The van der Waals surface area contributed by atoms with Gasteiger partial charge in [0.1, 0.15) is 6.42 Å². The minimum absolute atomic E-state index is 0.0259. The van der Waals surface area contributed by atoms with Crippen molar-refractivity contribution in [2.75, 3.05) is 18.5 Å². The largest absolute Gasteiger partial charge is 0.466 e. The summed E-state index contributed by atoms with van der Waals surface area (Å²) in [5, 5.41) is 3.38. The van der Waals surface area contributed by atoms with Gasteiger partial charge in [-0.1, -0.05) is 70.6 Å². The van der Waals surface area contributed by atoms with Crippen LogP contribution in [0, 0.1) is 0 Å². The van der Waals surface area contributed by atoms with Crippen LogP contribution in [0.3, 0.4) is 0 Å². The van der Waals surface area contributed by atoms with Gasteiger partial charge >= 0.3 is 5.97 Å². The molecule has 0 spiro atoms. The molecule has 0 aliphatic carbocycles. The van der Waals surface area contributed by atoms with Gasteiger partial charge in [0.05, 0.1) is 6.61 Å². The molecular formula is C28H45F2NO3. The summed E-state index contributed by atoms with van der Waals surface area (Å²) in [7, 11) is 0. The highest BCUT2D eigenvalue weighted by Crippen LogP contribution is 2.21. The highest BCUT2D eigenvalue weighted by Gasteiger charge is 2.19. The normalized spacial score (nSPS) is 11.4. The second-order valence-electron chi connectivity index (χ2n) is 9.33. The van der Waals surface area contributed by atoms with Crippen LogP contribution in [0.5, 0.6) is 0 Å². The molecule has 0 radical (unpaired) electrons. The molecule has 0 bridgehead atoms. The molecule has 0 heterocycles. The summed E-state index contributed by atoms with van der Waals surface area (Å²) in [5.74, 6) is -3.21. The van der Waals surface area contributed by atoms with E-state index in [1.807, 2.05) is 12.1 Å². The Hall–Kier alpha value is -1.98. The first-order chi connectivity index (χ1) is 16.3. The zero-order valence-corrected chi connectivity index (χ0v) is 21.3. The third-order valence-corrected chi connectivity index (χ3v) is 5.94. The molecule has 0 saturated heterocycles. The average molecular weight is 482 g/mol. The lowest BCUT2D eigenvalue weighted by Gasteiger charge is -2.09. The summed E-state index contributed by atoms with van der Waals surface area (Å²) in [4.78, 5) is 23.4. The number of anilines is 1. The molecule has 4 nitrogen and oxygen atoms in total. The molecule has 194 valence electrons. The van der Waals surface area contributed by atoms with Crippen molar-refractivity contribution in [3.8, 4) is 0 Å². The number of alkyl halides is 2. The number of esters is 1. The second-order valence-corrected chi connectivity index (χ2v) is 9.33. The van der Waals surface area contributed by atoms with E-state index in [2.05, 4.69) is 5.32 Å². The number of Topliss-reactive ketones (excluding diaryl/α,β-unsaturated/α-hetero) is 1. The number of carbonyl (C=O) groups is 2. The first-order valence-electron chi connectivity index (χ1n) is 13.2. The van der Waals surface area contributed by atoms with Crippen molar-refractivity contribution in [1.29, 1.82) is 0 Å².